The number of morpholine rings is 1. The normalized spacial score (nSPS) is 16.6. The standard InChI is InChI=1S/C16H26N4O2/c1-12(2)10-14(17)16(21)19-11-13-4-3-5-18-15(13)20-6-8-22-9-7-20/h3-5,12,14H,6-11,17H2,1-2H3,(H,19,21)/t14-/m0/s1. The number of nitrogens with zero attached hydrogens (tertiary/aromatic N) is 2. The molecule has 1 aliphatic heterocycles. The van der Waals surface area contributed by atoms with E-state index in [1.165, 1.54) is 0 Å². The van der Waals surface area contributed by atoms with Gasteiger partial charge in [-0.25, -0.2) is 4.98 Å². The fourth-order valence-corrected chi connectivity index (χ4v) is 2.56. The van der Waals surface area contributed by atoms with Gasteiger partial charge in [0.25, 0.3) is 0 Å². The third-order valence-electron chi connectivity index (χ3n) is 3.69. The molecule has 0 aromatic carbocycles. The SMILES string of the molecule is CC(C)C[C@H](N)C(=O)NCc1cccnc1N1CCOCC1. The van der Waals surface area contributed by atoms with Gasteiger partial charge in [0.2, 0.25) is 5.91 Å². The molecule has 1 amide bonds. The van der Waals surface area contributed by atoms with E-state index in [4.69, 9.17) is 10.5 Å². The molecule has 1 aliphatic rings. The van der Waals surface area contributed by atoms with E-state index in [9.17, 15) is 4.79 Å². The van der Waals surface area contributed by atoms with Gasteiger partial charge in [-0.1, -0.05) is 19.9 Å². The molecule has 1 aromatic heterocycles. The van der Waals surface area contributed by atoms with Crippen LogP contribution in [0.2, 0.25) is 0 Å². The Morgan fingerprint density at radius 2 is 2.18 bits per heavy atom. The Hall–Kier alpha value is -1.66. The van der Waals surface area contributed by atoms with Gasteiger partial charge in [-0.15, -0.1) is 0 Å². The number of nitrogens with two attached hydrogens (primary N) is 1. The molecular weight excluding hydrogens is 280 g/mol. The molecule has 0 aliphatic carbocycles. The highest BCUT2D eigenvalue weighted by Crippen LogP contribution is 2.18. The summed E-state index contributed by atoms with van der Waals surface area (Å²) < 4.78 is 5.37. The highest BCUT2D eigenvalue weighted by Gasteiger charge is 2.18. The second-order valence-electron chi connectivity index (χ2n) is 6.04. The zero-order valence-electron chi connectivity index (χ0n) is 13.4. The van der Waals surface area contributed by atoms with Crippen LogP contribution in [0.1, 0.15) is 25.8 Å². The Balaban J connectivity index is 1.96. The van der Waals surface area contributed by atoms with E-state index in [2.05, 4.69) is 29.0 Å². The summed E-state index contributed by atoms with van der Waals surface area (Å²) in [6, 6.07) is 3.43. The van der Waals surface area contributed by atoms with Crippen LogP contribution in [-0.2, 0) is 16.1 Å². The lowest BCUT2D eigenvalue weighted by molar-refractivity contribution is -0.122. The Kier molecular flexibility index (Phi) is 6.15. The maximum atomic E-state index is 12.0. The summed E-state index contributed by atoms with van der Waals surface area (Å²) in [6.45, 7) is 7.64. The molecular formula is C16H26N4O2. The van der Waals surface area contributed by atoms with Gasteiger partial charge >= 0.3 is 0 Å². The molecule has 1 saturated heterocycles. The molecule has 0 spiro atoms. The predicted molar refractivity (Wildman–Crippen MR) is 86.5 cm³/mol. The van der Waals surface area contributed by atoms with Crippen molar-refractivity contribution in [3.63, 3.8) is 0 Å². The molecule has 0 radical (unpaired) electrons. The highest BCUT2D eigenvalue weighted by molar-refractivity contribution is 5.81. The monoisotopic (exact) mass is 306 g/mol. The van der Waals surface area contributed by atoms with Gasteiger partial charge in [-0.05, 0) is 18.4 Å². The number of aromatic nitrogens is 1. The number of anilines is 1. The van der Waals surface area contributed by atoms with Crippen LogP contribution in [0.15, 0.2) is 18.3 Å². The van der Waals surface area contributed by atoms with Crippen molar-refractivity contribution in [3.05, 3.63) is 23.9 Å². The Morgan fingerprint density at radius 3 is 2.86 bits per heavy atom. The first-order chi connectivity index (χ1) is 10.6. The molecule has 0 saturated carbocycles. The van der Waals surface area contributed by atoms with Crippen molar-refractivity contribution in [1.82, 2.24) is 10.3 Å². The molecule has 1 aromatic rings. The summed E-state index contributed by atoms with van der Waals surface area (Å²) in [5, 5.41) is 2.92. The second-order valence-corrected chi connectivity index (χ2v) is 6.04. The van der Waals surface area contributed by atoms with E-state index < -0.39 is 6.04 Å². The van der Waals surface area contributed by atoms with Crippen LogP contribution in [0, 0.1) is 5.92 Å². The van der Waals surface area contributed by atoms with E-state index >= 15 is 0 Å². The van der Waals surface area contributed by atoms with E-state index in [-0.39, 0.29) is 5.91 Å². The number of carbonyl (C=O) groups excluding carboxylic acids is 1. The molecule has 2 rings (SSSR count). The first-order valence-corrected chi connectivity index (χ1v) is 7.87. The third-order valence-corrected chi connectivity index (χ3v) is 3.69. The van der Waals surface area contributed by atoms with E-state index in [1.807, 2.05) is 12.1 Å². The average molecular weight is 306 g/mol. The molecule has 6 heteroatoms. The summed E-state index contributed by atoms with van der Waals surface area (Å²) in [7, 11) is 0. The van der Waals surface area contributed by atoms with Crippen molar-refractivity contribution in [2.24, 2.45) is 11.7 Å². The molecule has 22 heavy (non-hydrogen) atoms. The smallest absolute Gasteiger partial charge is 0.237 e. The van der Waals surface area contributed by atoms with Crippen LogP contribution in [0.25, 0.3) is 0 Å². The number of nitrogens with one attached hydrogen (secondary N) is 1. The first-order valence-electron chi connectivity index (χ1n) is 7.87. The molecule has 1 fully saturated rings. The maximum absolute atomic E-state index is 12.0. The van der Waals surface area contributed by atoms with Gasteiger partial charge in [-0.2, -0.15) is 0 Å². The van der Waals surface area contributed by atoms with Gasteiger partial charge in [0.15, 0.2) is 0 Å². The first kappa shape index (κ1) is 16.7. The summed E-state index contributed by atoms with van der Waals surface area (Å²) >= 11 is 0. The van der Waals surface area contributed by atoms with Gasteiger partial charge in [0, 0.05) is 31.4 Å². The van der Waals surface area contributed by atoms with E-state index in [0.29, 0.717) is 32.1 Å². The van der Waals surface area contributed by atoms with Gasteiger partial charge in [0.1, 0.15) is 5.82 Å². The number of ether oxygens (including phenoxy) is 1. The van der Waals surface area contributed by atoms with Crippen molar-refractivity contribution >= 4 is 11.7 Å². The molecule has 2 heterocycles. The minimum Gasteiger partial charge on any atom is -0.378 e. The maximum Gasteiger partial charge on any atom is 0.237 e. The molecule has 3 N–H and O–H groups in total. The van der Waals surface area contributed by atoms with Crippen LogP contribution in [0.4, 0.5) is 5.82 Å². The molecule has 6 nitrogen and oxygen atoms in total. The average Bonchev–Trinajstić information content (AvgIpc) is 2.53. The summed E-state index contributed by atoms with van der Waals surface area (Å²) in [4.78, 5) is 18.7. The quantitative estimate of drug-likeness (QED) is 0.816. The molecule has 0 unspecified atom stereocenters. The largest absolute Gasteiger partial charge is 0.378 e. The zero-order valence-corrected chi connectivity index (χ0v) is 13.4. The lowest BCUT2D eigenvalue weighted by Gasteiger charge is -2.29. The van der Waals surface area contributed by atoms with Crippen molar-refractivity contribution < 1.29 is 9.53 Å². The number of hydrogen-bond acceptors (Lipinski definition) is 5. The fourth-order valence-electron chi connectivity index (χ4n) is 2.56. The lowest BCUT2D eigenvalue weighted by Crippen LogP contribution is -2.41. The minimum atomic E-state index is -0.455. The lowest BCUT2D eigenvalue weighted by atomic mass is 10.0. The number of amides is 1. The number of pyridine rings is 1. The Labute approximate surface area is 132 Å². The summed E-state index contributed by atoms with van der Waals surface area (Å²) in [6.07, 6.45) is 2.47. The van der Waals surface area contributed by atoms with E-state index in [1.54, 1.807) is 6.20 Å². The number of hydrogen-bond donors (Lipinski definition) is 2. The van der Waals surface area contributed by atoms with Crippen LogP contribution < -0.4 is 16.0 Å². The highest BCUT2D eigenvalue weighted by atomic mass is 16.5. The molecule has 1 atom stereocenters. The Morgan fingerprint density at radius 1 is 1.45 bits per heavy atom. The third kappa shape index (κ3) is 4.68. The summed E-state index contributed by atoms with van der Waals surface area (Å²) in [5.74, 6) is 1.22. The number of carbonyl (C=O) groups is 1. The molecule has 0 bridgehead atoms. The van der Waals surface area contributed by atoms with Crippen molar-refractivity contribution in [3.8, 4) is 0 Å². The minimum absolute atomic E-state index is 0.106. The van der Waals surface area contributed by atoms with Crippen molar-refractivity contribution in [1.29, 1.82) is 0 Å². The van der Waals surface area contributed by atoms with Crippen LogP contribution in [0.3, 0.4) is 0 Å². The van der Waals surface area contributed by atoms with E-state index in [0.717, 1.165) is 24.5 Å². The molecule has 122 valence electrons. The van der Waals surface area contributed by atoms with Crippen LogP contribution in [0.5, 0.6) is 0 Å². The van der Waals surface area contributed by atoms with Crippen LogP contribution >= 0.6 is 0 Å². The van der Waals surface area contributed by atoms with Crippen molar-refractivity contribution in [2.75, 3.05) is 31.2 Å². The summed E-state index contributed by atoms with van der Waals surface area (Å²) in [5.41, 5.74) is 6.92. The predicted octanol–water partition coefficient (Wildman–Crippen LogP) is 0.908. The zero-order chi connectivity index (χ0) is 15.9. The number of rotatable bonds is 6. The van der Waals surface area contributed by atoms with Gasteiger partial charge in [0.05, 0.1) is 19.3 Å². The topological polar surface area (TPSA) is 80.5 Å². The fraction of sp³-hybridized carbons (Fsp3) is 0.625. The van der Waals surface area contributed by atoms with Crippen LogP contribution in [-0.4, -0.2) is 43.2 Å². The van der Waals surface area contributed by atoms with Crippen molar-refractivity contribution in [2.45, 2.75) is 32.9 Å². The Bertz CT molecular complexity index is 487. The van der Waals surface area contributed by atoms with Gasteiger partial charge < -0.3 is 20.7 Å². The second kappa shape index (κ2) is 8.10. The van der Waals surface area contributed by atoms with Gasteiger partial charge in [-0.3, -0.25) is 4.79 Å².